The highest BCUT2D eigenvalue weighted by molar-refractivity contribution is 5.83. The van der Waals surface area contributed by atoms with E-state index in [0.29, 0.717) is 6.54 Å². The Morgan fingerprint density at radius 1 is 0.741 bits per heavy atom. The number of rotatable bonds is 4. The Morgan fingerprint density at radius 2 is 1.37 bits per heavy atom. The van der Waals surface area contributed by atoms with Crippen LogP contribution in [0.15, 0.2) is 30.3 Å². The van der Waals surface area contributed by atoms with Gasteiger partial charge < -0.3 is 9.80 Å². The molecule has 2 heterocycles. The van der Waals surface area contributed by atoms with E-state index in [0.717, 1.165) is 57.5 Å². The molecule has 0 bridgehead atoms. The minimum Gasteiger partial charge on any atom is -0.341 e. The van der Waals surface area contributed by atoms with Crippen LogP contribution in [0.25, 0.3) is 0 Å². The van der Waals surface area contributed by atoms with E-state index in [-0.39, 0.29) is 23.8 Å². The summed E-state index contributed by atoms with van der Waals surface area (Å²) in [5, 5.41) is 0. The topological polar surface area (TPSA) is 43.9 Å². The molecule has 0 aromatic heterocycles. The molecule has 2 fully saturated rings. The van der Waals surface area contributed by atoms with Crippen molar-refractivity contribution in [3.05, 3.63) is 35.9 Å². The molecule has 0 spiro atoms. The van der Waals surface area contributed by atoms with E-state index in [1.165, 1.54) is 6.42 Å². The fourth-order valence-corrected chi connectivity index (χ4v) is 4.21. The van der Waals surface area contributed by atoms with Gasteiger partial charge in [-0.1, -0.05) is 44.2 Å². The number of benzene rings is 1. The number of amides is 2. The minimum atomic E-state index is -0.238. The monoisotopic (exact) mass is 371 g/mol. The second-order valence-corrected chi connectivity index (χ2v) is 8.07. The molecule has 0 N–H and O–H groups in total. The molecule has 1 unspecified atom stereocenters. The highest BCUT2D eigenvalue weighted by atomic mass is 16.2. The van der Waals surface area contributed by atoms with Gasteiger partial charge in [-0.25, -0.2) is 0 Å². The molecule has 0 saturated carbocycles. The smallest absolute Gasteiger partial charge is 0.244 e. The molecule has 148 valence electrons. The Balaban J connectivity index is 1.78. The maximum absolute atomic E-state index is 13.4. The molecule has 1 aromatic carbocycles. The standard InChI is InChI=1S/C22H33N3O2/c1-18(2)21(26)25-15-9-14-23(16-17-25)20(19-10-5-3-6-11-19)22(27)24-12-7-4-8-13-24/h3,5-6,10-11,18,20H,4,7-9,12-17H2,1-2H3. The molecular formula is C22H33N3O2. The molecule has 2 aliphatic heterocycles. The minimum absolute atomic E-state index is 0.0245. The third-order valence-electron chi connectivity index (χ3n) is 5.72. The van der Waals surface area contributed by atoms with Crippen LogP contribution in [-0.4, -0.2) is 65.8 Å². The average Bonchev–Trinajstić information content (AvgIpc) is 2.95. The Morgan fingerprint density at radius 3 is 2.04 bits per heavy atom. The summed E-state index contributed by atoms with van der Waals surface area (Å²) in [6, 6.07) is 9.91. The Kier molecular flexibility index (Phi) is 6.89. The zero-order chi connectivity index (χ0) is 19.2. The first-order valence-corrected chi connectivity index (χ1v) is 10.4. The lowest BCUT2D eigenvalue weighted by molar-refractivity contribution is -0.138. The molecule has 3 rings (SSSR count). The molecule has 27 heavy (non-hydrogen) atoms. The first-order chi connectivity index (χ1) is 13.1. The SMILES string of the molecule is CC(C)C(=O)N1CCCN(C(C(=O)N2CCCCC2)c2ccccc2)CC1. The van der Waals surface area contributed by atoms with Crippen molar-refractivity contribution in [1.82, 2.24) is 14.7 Å². The third-order valence-corrected chi connectivity index (χ3v) is 5.72. The van der Waals surface area contributed by atoms with Gasteiger partial charge in [-0.15, -0.1) is 0 Å². The third kappa shape index (κ3) is 4.89. The van der Waals surface area contributed by atoms with Crippen LogP contribution in [0.3, 0.4) is 0 Å². The zero-order valence-corrected chi connectivity index (χ0v) is 16.8. The van der Waals surface area contributed by atoms with Crippen LogP contribution in [0.4, 0.5) is 0 Å². The van der Waals surface area contributed by atoms with Crippen molar-refractivity contribution in [2.45, 2.75) is 45.6 Å². The largest absolute Gasteiger partial charge is 0.341 e. The van der Waals surface area contributed by atoms with Gasteiger partial charge in [-0.3, -0.25) is 14.5 Å². The first kappa shape index (κ1) is 19.9. The molecule has 2 amide bonds. The number of nitrogens with zero attached hydrogens (tertiary/aromatic N) is 3. The van der Waals surface area contributed by atoms with E-state index >= 15 is 0 Å². The predicted octanol–water partition coefficient (Wildman–Crippen LogP) is 2.93. The van der Waals surface area contributed by atoms with Crippen molar-refractivity contribution < 1.29 is 9.59 Å². The van der Waals surface area contributed by atoms with Crippen LogP contribution in [0.2, 0.25) is 0 Å². The van der Waals surface area contributed by atoms with Crippen LogP contribution < -0.4 is 0 Å². The highest BCUT2D eigenvalue weighted by Gasteiger charge is 2.33. The first-order valence-electron chi connectivity index (χ1n) is 10.4. The van der Waals surface area contributed by atoms with Crippen molar-refractivity contribution >= 4 is 11.8 Å². The molecule has 2 aliphatic rings. The molecule has 1 aromatic rings. The van der Waals surface area contributed by atoms with Gasteiger partial charge in [0.2, 0.25) is 11.8 Å². The van der Waals surface area contributed by atoms with E-state index in [1.54, 1.807) is 0 Å². The fraction of sp³-hybridized carbons (Fsp3) is 0.636. The van der Waals surface area contributed by atoms with E-state index in [2.05, 4.69) is 17.0 Å². The summed E-state index contributed by atoms with van der Waals surface area (Å²) in [7, 11) is 0. The number of carbonyl (C=O) groups is 2. The van der Waals surface area contributed by atoms with Crippen molar-refractivity contribution in [3.63, 3.8) is 0 Å². The molecule has 5 heteroatoms. The van der Waals surface area contributed by atoms with Crippen LogP contribution in [-0.2, 0) is 9.59 Å². The summed E-state index contributed by atoms with van der Waals surface area (Å²) in [4.78, 5) is 32.2. The Hall–Kier alpha value is -1.88. The summed E-state index contributed by atoms with van der Waals surface area (Å²) in [6.07, 6.45) is 4.33. The van der Waals surface area contributed by atoms with E-state index in [4.69, 9.17) is 0 Å². The predicted molar refractivity (Wildman–Crippen MR) is 107 cm³/mol. The van der Waals surface area contributed by atoms with Crippen LogP contribution in [0.1, 0.15) is 51.1 Å². The number of hydrogen-bond donors (Lipinski definition) is 0. The van der Waals surface area contributed by atoms with Crippen molar-refractivity contribution in [2.24, 2.45) is 5.92 Å². The van der Waals surface area contributed by atoms with Crippen LogP contribution in [0.5, 0.6) is 0 Å². The Labute approximate surface area is 163 Å². The molecule has 2 saturated heterocycles. The molecule has 1 atom stereocenters. The number of likely N-dealkylation sites (tertiary alicyclic amines) is 1. The molecular weight excluding hydrogens is 338 g/mol. The van der Waals surface area contributed by atoms with Gasteiger partial charge in [0.1, 0.15) is 6.04 Å². The van der Waals surface area contributed by atoms with Crippen molar-refractivity contribution in [3.8, 4) is 0 Å². The van der Waals surface area contributed by atoms with E-state index in [1.807, 2.05) is 41.8 Å². The van der Waals surface area contributed by atoms with Crippen molar-refractivity contribution in [2.75, 3.05) is 39.3 Å². The molecule has 0 aliphatic carbocycles. The summed E-state index contributed by atoms with van der Waals surface area (Å²) in [5.41, 5.74) is 1.07. The lowest BCUT2D eigenvalue weighted by Gasteiger charge is -2.36. The fourth-order valence-electron chi connectivity index (χ4n) is 4.21. The van der Waals surface area contributed by atoms with Crippen LogP contribution in [0, 0.1) is 5.92 Å². The van der Waals surface area contributed by atoms with Gasteiger partial charge in [0.25, 0.3) is 0 Å². The highest BCUT2D eigenvalue weighted by Crippen LogP contribution is 2.26. The second kappa shape index (κ2) is 9.36. The summed E-state index contributed by atoms with van der Waals surface area (Å²) in [6.45, 7) is 8.73. The quantitative estimate of drug-likeness (QED) is 0.817. The molecule has 0 radical (unpaired) electrons. The van der Waals surface area contributed by atoms with E-state index in [9.17, 15) is 9.59 Å². The number of hydrogen-bond acceptors (Lipinski definition) is 3. The van der Waals surface area contributed by atoms with Crippen molar-refractivity contribution in [1.29, 1.82) is 0 Å². The van der Waals surface area contributed by atoms with Gasteiger partial charge in [-0.2, -0.15) is 0 Å². The lowest BCUT2D eigenvalue weighted by Crippen LogP contribution is -2.46. The Bertz CT molecular complexity index is 626. The lowest BCUT2D eigenvalue weighted by atomic mass is 10.0. The maximum Gasteiger partial charge on any atom is 0.244 e. The summed E-state index contributed by atoms with van der Waals surface area (Å²) >= 11 is 0. The number of piperidine rings is 1. The normalized spacial score (nSPS) is 20.4. The summed E-state index contributed by atoms with van der Waals surface area (Å²) in [5.74, 6) is 0.469. The van der Waals surface area contributed by atoms with Gasteiger partial charge in [-0.05, 0) is 31.2 Å². The van der Waals surface area contributed by atoms with Gasteiger partial charge in [0, 0.05) is 45.2 Å². The molecule has 5 nitrogen and oxygen atoms in total. The number of carbonyl (C=O) groups excluding carboxylic acids is 2. The second-order valence-electron chi connectivity index (χ2n) is 8.07. The van der Waals surface area contributed by atoms with Gasteiger partial charge in [0.15, 0.2) is 0 Å². The zero-order valence-electron chi connectivity index (χ0n) is 16.8. The van der Waals surface area contributed by atoms with E-state index < -0.39 is 0 Å². The summed E-state index contributed by atoms with van der Waals surface area (Å²) < 4.78 is 0. The van der Waals surface area contributed by atoms with Gasteiger partial charge >= 0.3 is 0 Å². The average molecular weight is 372 g/mol. The van der Waals surface area contributed by atoms with Crippen LogP contribution >= 0.6 is 0 Å². The maximum atomic E-state index is 13.4. The van der Waals surface area contributed by atoms with Gasteiger partial charge in [0.05, 0.1) is 0 Å².